The predicted molar refractivity (Wildman–Crippen MR) is 76.1 cm³/mol. The molecule has 3 heteroatoms. The van der Waals surface area contributed by atoms with Crippen molar-refractivity contribution in [2.24, 2.45) is 5.73 Å². The van der Waals surface area contributed by atoms with Crippen molar-refractivity contribution in [3.8, 4) is 0 Å². The number of aryl methyl sites for hydroxylation is 1. The Labute approximate surface area is 112 Å². The van der Waals surface area contributed by atoms with Crippen LogP contribution in [0.25, 0.3) is 0 Å². The predicted octanol–water partition coefficient (Wildman–Crippen LogP) is 3.29. The topological polar surface area (TPSA) is 38.0 Å². The van der Waals surface area contributed by atoms with Gasteiger partial charge in [0, 0.05) is 23.1 Å². The minimum Gasteiger partial charge on any atom is -0.329 e. The van der Waals surface area contributed by atoms with E-state index in [2.05, 4.69) is 46.4 Å². The highest BCUT2D eigenvalue weighted by molar-refractivity contribution is 9.10. The number of nitrogens with one attached hydrogen (secondary N) is 1. The first-order chi connectivity index (χ1) is 8.20. The van der Waals surface area contributed by atoms with Gasteiger partial charge in [-0.05, 0) is 37.0 Å². The van der Waals surface area contributed by atoms with E-state index in [0.717, 1.165) is 4.47 Å². The normalized spacial score (nSPS) is 18.5. The molecule has 1 fully saturated rings. The third-order valence-corrected chi connectivity index (χ3v) is 4.50. The molecule has 1 aromatic rings. The molecular formula is C14H21BrN2. The molecule has 0 amide bonds. The molecule has 0 spiro atoms. The van der Waals surface area contributed by atoms with Crippen molar-refractivity contribution < 1.29 is 0 Å². The summed E-state index contributed by atoms with van der Waals surface area (Å²) < 4.78 is 1.16. The molecule has 1 saturated carbocycles. The van der Waals surface area contributed by atoms with Crippen molar-refractivity contribution in [2.45, 2.75) is 44.7 Å². The van der Waals surface area contributed by atoms with Crippen LogP contribution in [0.5, 0.6) is 0 Å². The third-order valence-electron chi connectivity index (χ3n) is 3.61. The second kappa shape index (κ2) is 5.98. The molecule has 0 aromatic heterocycles. The Balaban J connectivity index is 2.08. The van der Waals surface area contributed by atoms with Crippen LogP contribution in [-0.4, -0.2) is 12.6 Å². The summed E-state index contributed by atoms with van der Waals surface area (Å²) in [5, 5.41) is 3.69. The van der Waals surface area contributed by atoms with Gasteiger partial charge in [-0.15, -0.1) is 0 Å². The maximum atomic E-state index is 5.90. The van der Waals surface area contributed by atoms with E-state index in [1.807, 2.05) is 0 Å². The number of nitrogens with two attached hydrogens (primary N) is 1. The lowest BCUT2D eigenvalue weighted by Crippen LogP contribution is -2.35. The van der Waals surface area contributed by atoms with Gasteiger partial charge in [0.2, 0.25) is 0 Å². The van der Waals surface area contributed by atoms with E-state index >= 15 is 0 Å². The van der Waals surface area contributed by atoms with E-state index in [4.69, 9.17) is 5.73 Å². The summed E-state index contributed by atoms with van der Waals surface area (Å²) in [7, 11) is 0. The summed E-state index contributed by atoms with van der Waals surface area (Å²) >= 11 is 3.54. The number of hydrogen-bond donors (Lipinski definition) is 2. The van der Waals surface area contributed by atoms with Crippen LogP contribution < -0.4 is 11.1 Å². The van der Waals surface area contributed by atoms with Crippen molar-refractivity contribution in [1.82, 2.24) is 5.32 Å². The minimum absolute atomic E-state index is 0.296. The largest absolute Gasteiger partial charge is 0.329 e. The van der Waals surface area contributed by atoms with Crippen LogP contribution in [0.3, 0.4) is 0 Å². The van der Waals surface area contributed by atoms with Gasteiger partial charge in [0.25, 0.3) is 0 Å². The Morgan fingerprint density at radius 2 is 2.12 bits per heavy atom. The van der Waals surface area contributed by atoms with Crippen LogP contribution in [0.2, 0.25) is 0 Å². The van der Waals surface area contributed by atoms with Gasteiger partial charge in [0.1, 0.15) is 0 Å². The molecule has 0 saturated heterocycles. The molecule has 2 nitrogen and oxygen atoms in total. The lowest BCUT2D eigenvalue weighted by molar-refractivity contribution is 0.444. The summed E-state index contributed by atoms with van der Waals surface area (Å²) in [6.45, 7) is 2.79. The monoisotopic (exact) mass is 296 g/mol. The number of hydrogen-bond acceptors (Lipinski definition) is 2. The summed E-state index contributed by atoms with van der Waals surface area (Å²) in [4.78, 5) is 0. The molecule has 17 heavy (non-hydrogen) atoms. The summed E-state index contributed by atoms with van der Waals surface area (Å²) in [5.74, 6) is 0. The third kappa shape index (κ3) is 3.30. The van der Waals surface area contributed by atoms with Crippen molar-refractivity contribution in [3.05, 3.63) is 33.8 Å². The quantitative estimate of drug-likeness (QED) is 0.895. The zero-order valence-electron chi connectivity index (χ0n) is 10.4. The fraction of sp³-hybridized carbons (Fsp3) is 0.571. The van der Waals surface area contributed by atoms with E-state index in [1.54, 1.807) is 0 Å². The molecule has 2 rings (SSSR count). The van der Waals surface area contributed by atoms with Gasteiger partial charge < -0.3 is 11.1 Å². The lowest BCUT2D eigenvalue weighted by atomic mass is 10.0. The Bertz CT molecular complexity index is 372. The summed E-state index contributed by atoms with van der Waals surface area (Å²) in [6, 6.07) is 7.46. The van der Waals surface area contributed by atoms with E-state index in [1.165, 1.54) is 36.8 Å². The van der Waals surface area contributed by atoms with Crippen LogP contribution in [-0.2, 0) is 0 Å². The van der Waals surface area contributed by atoms with Gasteiger partial charge in [-0.1, -0.05) is 40.9 Å². The van der Waals surface area contributed by atoms with Crippen LogP contribution >= 0.6 is 15.9 Å². The minimum atomic E-state index is 0.296. The molecule has 0 heterocycles. The second-order valence-electron chi connectivity index (χ2n) is 4.94. The average Bonchev–Trinajstić information content (AvgIpc) is 2.82. The standard InChI is InChI=1S/C14H21BrN2/c1-10-8-11(6-7-13(10)15)14(9-16)17-12-4-2-3-5-12/h6-8,12,14,17H,2-5,9,16H2,1H3. The molecule has 3 N–H and O–H groups in total. The molecule has 1 aliphatic rings. The van der Waals surface area contributed by atoms with Gasteiger partial charge in [-0.25, -0.2) is 0 Å². The molecule has 1 atom stereocenters. The zero-order chi connectivity index (χ0) is 12.3. The van der Waals surface area contributed by atoms with Crippen LogP contribution in [0.15, 0.2) is 22.7 Å². The maximum absolute atomic E-state index is 5.90. The average molecular weight is 297 g/mol. The first-order valence-corrected chi connectivity index (χ1v) is 7.22. The highest BCUT2D eigenvalue weighted by Crippen LogP contribution is 2.24. The van der Waals surface area contributed by atoms with E-state index in [0.29, 0.717) is 18.6 Å². The van der Waals surface area contributed by atoms with Gasteiger partial charge in [0.05, 0.1) is 0 Å². The maximum Gasteiger partial charge on any atom is 0.0446 e. The van der Waals surface area contributed by atoms with Crippen LogP contribution in [0.1, 0.15) is 42.9 Å². The number of halogens is 1. The molecule has 0 bridgehead atoms. The Morgan fingerprint density at radius 1 is 1.41 bits per heavy atom. The van der Waals surface area contributed by atoms with E-state index in [-0.39, 0.29) is 0 Å². The smallest absolute Gasteiger partial charge is 0.0446 e. The van der Waals surface area contributed by atoms with Crippen LogP contribution in [0, 0.1) is 6.92 Å². The fourth-order valence-corrected chi connectivity index (χ4v) is 2.81. The zero-order valence-corrected chi connectivity index (χ0v) is 12.0. The lowest BCUT2D eigenvalue weighted by Gasteiger charge is -2.22. The fourth-order valence-electron chi connectivity index (χ4n) is 2.56. The molecule has 0 radical (unpaired) electrons. The van der Waals surface area contributed by atoms with Crippen LogP contribution in [0.4, 0.5) is 0 Å². The van der Waals surface area contributed by atoms with Gasteiger partial charge in [0.15, 0.2) is 0 Å². The molecule has 0 aliphatic heterocycles. The van der Waals surface area contributed by atoms with Crippen molar-refractivity contribution in [2.75, 3.05) is 6.54 Å². The van der Waals surface area contributed by atoms with E-state index < -0.39 is 0 Å². The van der Waals surface area contributed by atoms with Gasteiger partial charge in [-0.3, -0.25) is 0 Å². The molecule has 94 valence electrons. The van der Waals surface area contributed by atoms with Gasteiger partial charge >= 0.3 is 0 Å². The Kier molecular flexibility index (Phi) is 4.60. The first-order valence-electron chi connectivity index (χ1n) is 6.43. The molecule has 1 unspecified atom stereocenters. The van der Waals surface area contributed by atoms with Crippen molar-refractivity contribution in [1.29, 1.82) is 0 Å². The SMILES string of the molecule is Cc1cc(C(CN)NC2CCCC2)ccc1Br. The molecule has 1 aliphatic carbocycles. The van der Waals surface area contributed by atoms with Crippen molar-refractivity contribution in [3.63, 3.8) is 0 Å². The Hall–Kier alpha value is -0.380. The summed E-state index contributed by atoms with van der Waals surface area (Å²) in [5.41, 5.74) is 8.47. The number of rotatable bonds is 4. The summed E-state index contributed by atoms with van der Waals surface area (Å²) in [6.07, 6.45) is 5.31. The second-order valence-corrected chi connectivity index (χ2v) is 5.80. The highest BCUT2D eigenvalue weighted by atomic mass is 79.9. The highest BCUT2D eigenvalue weighted by Gasteiger charge is 2.19. The Morgan fingerprint density at radius 3 is 2.71 bits per heavy atom. The van der Waals surface area contributed by atoms with Crippen molar-refractivity contribution >= 4 is 15.9 Å². The van der Waals surface area contributed by atoms with Gasteiger partial charge in [-0.2, -0.15) is 0 Å². The molecule has 1 aromatic carbocycles. The molecular weight excluding hydrogens is 276 g/mol. The first kappa shape index (κ1) is 13.1. The van der Waals surface area contributed by atoms with E-state index in [9.17, 15) is 0 Å². The number of benzene rings is 1.